The summed E-state index contributed by atoms with van der Waals surface area (Å²) in [6, 6.07) is 4.62. The number of aromatic nitrogens is 1. The molecular weight excluding hydrogens is 250 g/mol. The van der Waals surface area contributed by atoms with Crippen LogP contribution in [0.15, 0.2) is 18.3 Å². The SMILES string of the molecule is CC[C@@H](O)c1ccc(N(C)C2CCN(CC)CC2)cn1. The lowest BCUT2D eigenvalue weighted by Crippen LogP contribution is -2.43. The molecule has 1 aliphatic rings. The van der Waals surface area contributed by atoms with Crippen molar-refractivity contribution in [3.63, 3.8) is 0 Å². The standard InChI is InChI=1S/C16H27N3O/c1-4-16(20)15-7-6-14(12-17-15)18(3)13-8-10-19(5-2)11-9-13/h6-7,12-13,16,20H,4-5,8-11H2,1-3H3/t16-/m1/s1. The smallest absolute Gasteiger partial charge is 0.0957 e. The summed E-state index contributed by atoms with van der Waals surface area (Å²) in [6.07, 6.45) is 4.58. The number of pyridine rings is 1. The van der Waals surface area contributed by atoms with Crippen LogP contribution in [0.5, 0.6) is 0 Å². The molecule has 20 heavy (non-hydrogen) atoms. The number of hydrogen-bond donors (Lipinski definition) is 1. The van der Waals surface area contributed by atoms with Crippen molar-refractivity contribution in [2.24, 2.45) is 0 Å². The predicted octanol–water partition coefficient (Wildman–Crippen LogP) is 2.45. The van der Waals surface area contributed by atoms with Gasteiger partial charge in [0.25, 0.3) is 0 Å². The molecule has 112 valence electrons. The minimum atomic E-state index is -0.442. The predicted molar refractivity (Wildman–Crippen MR) is 83.0 cm³/mol. The molecule has 0 radical (unpaired) electrons. The van der Waals surface area contributed by atoms with Gasteiger partial charge >= 0.3 is 0 Å². The topological polar surface area (TPSA) is 39.6 Å². The van der Waals surface area contributed by atoms with Gasteiger partial charge in [-0.3, -0.25) is 4.98 Å². The molecule has 0 amide bonds. The van der Waals surface area contributed by atoms with Crippen molar-refractivity contribution in [3.05, 3.63) is 24.0 Å². The molecule has 4 heteroatoms. The molecule has 4 nitrogen and oxygen atoms in total. The normalized spacial score (nSPS) is 19.0. The third kappa shape index (κ3) is 3.49. The molecule has 2 heterocycles. The van der Waals surface area contributed by atoms with Gasteiger partial charge in [-0.1, -0.05) is 13.8 Å². The fourth-order valence-electron chi connectivity index (χ4n) is 2.85. The molecule has 2 rings (SSSR count). The highest BCUT2D eigenvalue weighted by atomic mass is 16.3. The van der Waals surface area contributed by atoms with E-state index in [9.17, 15) is 5.11 Å². The van der Waals surface area contributed by atoms with Crippen LogP contribution < -0.4 is 4.90 Å². The molecule has 1 saturated heterocycles. The first-order valence-electron chi connectivity index (χ1n) is 7.74. The number of likely N-dealkylation sites (tertiary alicyclic amines) is 1. The second kappa shape index (κ2) is 7.04. The van der Waals surface area contributed by atoms with E-state index in [1.807, 2.05) is 19.2 Å². The fraction of sp³-hybridized carbons (Fsp3) is 0.688. The van der Waals surface area contributed by atoms with Gasteiger partial charge in [0.15, 0.2) is 0 Å². The van der Waals surface area contributed by atoms with Crippen molar-refractivity contribution in [1.82, 2.24) is 9.88 Å². The van der Waals surface area contributed by atoms with Crippen LogP contribution in [0.1, 0.15) is 44.9 Å². The highest BCUT2D eigenvalue weighted by Gasteiger charge is 2.22. The molecule has 1 N–H and O–H groups in total. The van der Waals surface area contributed by atoms with Gasteiger partial charge in [-0.15, -0.1) is 0 Å². The maximum atomic E-state index is 9.78. The third-order valence-electron chi connectivity index (χ3n) is 4.46. The Labute approximate surface area is 122 Å². The summed E-state index contributed by atoms with van der Waals surface area (Å²) >= 11 is 0. The second-order valence-electron chi connectivity index (χ2n) is 5.64. The summed E-state index contributed by atoms with van der Waals surface area (Å²) in [5.41, 5.74) is 1.91. The van der Waals surface area contributed by atoms with Gasteiger partial charge in [0.05, 0.1) is 23.7 Å². The zero-order chi connectivity index (χ0) is 14.5. The van der Waals surface area contributed by atoms with E-state index >= 15 is 0 Å². The van der Waals surface area contributed by atoms with Crippen LogP contribution >= 0.6 is 0 Å². The average molecular weight is 277 g/mol. The lowest BCUT2D eigenvalue weighted by molar-refractivity contribution is 0.169. The molecular formula is C16H27N3O. The maximum Gasteiger partial charge on any atom is 0.0957 e. The summed E-state index contributed by atoms with van der Waals surface area (Å²) in [4.78, 5) is 9.23. The van der Waals surface area contributed by atoms with Crippen LogP contribution in [-0.2, 0) is 0 Å². The molecule has 1 fully saturated rings. The van der Waals surface area contributed by atoms with Gasteiger partial charge in [-0.2, -0.15) is 0 Å². The lowest BCUT2D eigenvalue weighted by Gasteiger charge is -2.37. The number of hydrogen-bond acceptors (Lipinski definition) is 4. The van der Waals surface area contributed by atoms with E-state index in [0.717, 1.165) is 17.9 Å². The molecule has 0 spiro atoms. The van der Waals surface area contributed by atoms with Crippen molar-refractivity contribution < 1.29 is 5.11 Å². The molecule has 1 aromatic rings. The van der Waals surface area contributed by atoms with Gasteiger partial charge in [0.1, 0.15) is 0 Å². The van der Waals surface area contributed by atoms with Gasteiger partial charge in [-0.05, 0) is 37.9 Å². The molecule has 1 atom stereocenters. The fourth-order valence-corrected chi connectivity index (χ4v) is 2.85. The van der Waals surface area contributed by atoms with Gasteiger partial charge < -0.3 is 14.9 Å². The van der Waals surface area contributed by atoms with E-state index in [0.29, 0.717) is 12.5 Å². The molecule has 0 aromatic carbocycles. The quantitative estimate of drug-likeness (QED) is 0.897. The van der Waals surface area contributed by atoms with Crippen LogP contribution in [0.2, 0.25) is 0 Å². The van der Waals surface area contributed by atoms with Crippen molar-refractivity contribution in [1.29, 1.82) is 0 Å². The number of aliphatic hydroxyl groups excluding tert-OH is 1. The first kappa shape index (κ1) is 15.3. The Kier molecular flexibility index (Phi) is 5.38. The van der Waals surface area contributed by atoms with Gasteiger partial charge in [0, 0.05) is 26.2 Å². The number of anilines is 1. The minimum absolute atomic E-state index is 0.442. The molecule has 1 aromatic heterocycles. The Morgan fingerprint density at radius 3 is 2.55 bits per heavy atom. The first-order valence-corrected chi connectivity index (χ1v) is 7.74. The summed E-state index contributed by atoms with van der Waals surface area (Å²) in [6.45, 7) is 7.72. The van der Waals surface area contributed by atoms with Crippen molar-refractivity contribution >= 4 is 5.69 Å². The summed E-state index contributed by atoms with van der Waals surface area (Å²) in [5, 5.41) is 9.78. The van der Waals surface area contributed by atoms with Crippen LogP contribution in [0.4, 0.5) is 5.69 Å². The Hall–Kier alpha value is -1.13. The average Bonchev–Trinajstić information content (AvgIpc) is 2.53. The van der Waals surface area contributed by atoms with E-state index in [2.05, 4.69) is 34.8 Å². The molecule has 0 bridgehead atoms. The molecule has 1 aliphatic heterocycles. The van der Waals surface area contributed by atoms with Gasteiger partial charge in [0.2, 0.25) is 0 Å². The highest BCUT2D eigenvalue weighted by molar-refractivity contribution is 5.45. The number of aliphatic hydroxyl groups is 1. The number of nitrogens with zero attached hydrogens (tertiary/aromatic N) is 3. The van der Waals surface area contributed by atoms with E-state index in [-0.39, 0.29) is 0 Å². The Morgan fingerprint density at radius 1 is 1.35 bits per heavy atom. The van der Waals surface area contributed by atoms with E-state index < -0.39 is 6.10 Å². The second-order valence-corrected chi connectivity index (χ2v) is 5.64. The van der Waals surface area contributed by atoms with Crippen molar-refractivity contribution in [2.45, 2.75) is 45.3 Å². The molecule has 0 saturated carbocycles. The van der Waals surface area contributed by atoms with Crippen LogP contribution in [-0.4, -0.2) is 47.7 Å². The number of piperidine rings is 1. The Morgan fingerprint density at radius 2 is 2.05 bits per heavy atom. The zero-order valence-electron chi connectivity index (χ0n) is 12.9. The summed E-state index contributed by atoms with van der Waals surface area (Å²) in [5.74, 6) is 0. The summed E-state index contributed by atoms with van der Waals surface area (Å²) in [7, 11) is 2.15. The Bertz CT molecular complexity index is 399. The number of rotatable bonds is 5. The highest BCUT2D eigenvalue weighted by Crippen LogP contribution is 2.23. The lowest BCUT2D eigenvalue weighted by atomic mass is 10.0. The van der Waals surface area contributed by atoms with E-state index in [1.165, 1.54) is 25.9 Å². The minimum Gasteiger partial charge on any atom is -0.387 e. The van der Waals surface area contributed by atoms with Crippen molar-refractivity contribution in [2.75, 3.05) is 31.6 Å². The summed E-state index contributed by atoms with van der Waals surface area (Å²) < 4.78 is 0. The molecule has 0 unspecified atom stereocenters. The monoisotopic (exact) mass is 277 g/mol. The third-order valence-corrected chi connectivity index (χ3v) is 4.46. The van der Waals surface area contributed by atoms with Gasteiger partial charge in [-0.25, -0.2) is 0 Å². The van der Waals surface area contributed by atoms with Crippen LogP contribution in [0.25, 0.3) is 0 Å². The first-order chi connectivity index (χ1) is 9.65. The Balaban J connectivity index is 1.97. The van der Waals surface area contributed by atoms with E-state index in [1.54, 1.807) is 0 Å². The largest absolute Gasteiger partial charge is 0.387 e. The molecule has 0 aliphatic carbocycles. The van der Waals surface area contributed by atoms with Crippen molar-refractivity contribution in [3.8, 4) is 0 Å². The maximum absolute atomic E-state index is 9.78. The van der Waals surface area contributed by atoms with Crippen LogP contribution in [0.3, 0.4) is 0 Å². The van der Waals surface area contributed by atoms with Crippen LogP contribution in [0, 0.1) is 0 Å². The van der Waals surface area contributed by atoms with E-state index in [4.69, 9.17) is 0 Å². The zero-order valence-corrected chi connectivity index (χ0v) is 12.9.